The molecule has 3 aromatic heterocycles. The summed E-state index contributed by atoms with van der Waals surface area (Å²) in [6.07, 6.45) is 1.84. The highest BCUT2D eigenvalue weighted by Crippen LogP contribution is 2.42. The Bertz CT molecular complexity index is 2140. The molecule has 0 atom stereocenters. The van der Waals surface area contributed by atoms with E-state index in [2.05, 4.69) is 150 Å². The summed E-state index contributed by atoms with van der Waals surface area (Å²) in [4.78, 5) is 4.80. The molecule has 5 aromatic carbocycles. The predicted octanol–water partition coefficient (Wildman–Crippen LogP) is 10.2. The summed E-state index contributed by atoms with van der Waals surface area (Å²) in [6, 6.07) is 55.5. The van der Waals surface area contributed by atoms with E-state index in [1.54, 1.807) is 0 Å². The molecule has 0 spiro atoms. The topological polar surface area (TPSA) is 30.2 Å². The fourth-order valence-electron chi connectivity index (χ4n) is 6.02. The molecule has 0 aliphatic carbocycles. The number of aromatic nitrogens is 3. The maximum atomic E-state index is 5.34. The van der Waals surface area contributed by atoms with Gasteiger partial charge in [0.2, 0.25) is 0 Å². The van der Waals surface area contributed by atoms with E-state index in [1.165, 1.54) is 16.5 Å². The Morgan fingerprint density at radius 1 is 0.442 bits per heavy atom. The molecule has 0 fully saturated rings. The third kappa shape index (κ3) is 4.48. The standard InChI is InChI=1S/C40H27N3/c1-4-14-28(15-5-1)32-24-33(29-16-6-2-7-17-29)26-34(25-32)38-39(36-22-12-13-23-41-36)42-43-37(30-18-8-3-9-19-30)27-31-20-10-11-21-35(31)40(38)43/h1-27H. The van der Waals surface area contributed by atoms with Gasteiger partial charge >= 0.3 is 0 Å². The van der Waals surface area contributed by atoms with Crippen LogP contribution in [0.2, 0.25) is 0 Å². The zero-order valence-electron chi connectivity index (χ0n) is 23.4. The van der Waals surface area contributed by atoms with Gasteiger partial charge in [0.15, 0.2) is 0 Å². The van der Waals surface area contributed by atoms with E-state index < -0.39 is 0 Å². The number of rotatable bonds is 5. The molecule has 0 unspecified atom stereocenters. The smallest absolute Gasteiger partial charge is 0.120 e. The van der Waals surface area contributed by atoms with Crippen molar-refractivity contribution in [1.82, 2.24) is 14.6 Å². The van der Waals surface area contributed by atoms with Crippen molar-refractivity contribution in [3.8, 4) is 56.0 Å². The Morgan fingerprint density at radius 2 is 1.00 bits per heavy atom. The second kappa shape index (κ2) is 10.6. The maximum absolute atomic E-state index is 5.34. The summed E-state index contributed by atoms with van der Waals surface area (Å²) in [7, 11) is 0. The van der Waals surface area contributed by atoms with Crippen LogP contribution >= 0.6 is 0 Å². The molecule has 202 valence electrons. The molecule has 3 heteroatoms. The first-order chi connectivity index (χ1) is 21.3. The summed E-state index contributed by atoms with van der Waals surface area (Å²) in [5.41, 5.74) is 11.8. The molecule has 8 rings (SSSR count). The van der Waals surface area contributed by atoms with Crippen LogP contribution in [0.1, 0.15) is 0 Å². The van der Waals surface area contributed by atoms with Crippen molar-refractivity contribution in [3.05, 3.63) is 164 Å². The van der Waals surface area contributed by atoms with Gasteiger partial charge in [-0.05, 0) is 69.6 Å². The largest absolute Gasteiger partial charge is 0.255 e. The van der Waals surface area contributed by atoms with Crippen molar-refractivity contribution in [1.29, 1.82) is 0 Å². The highest BCUT2D eigenvalue weighted by molar-refractivity contribution is 6.09. The minimum absolute atomic E-state index is 0.843. The summed E-state index contributed by atoms with van der Waals surface area (Å²) in [5.74, 6) is 0. The van der Waals surface area contributed by atoms with Gasteiger partial charge in [-0.1, -0.05) is 121 Å². The highest BCUT2D eigenvalue weighted by Gasteiger charge is 2.23. The SMILES string of the molecule is c1ccc(-c2cc(-c3ccccc3)cc(-c3c(-c4ccccn4)nn4c(-c5ccccc5)cc5ccccc5c34)c2)cc1. The summed E-state index contributed by atoms with van der Waals surface area (Å²) in [5, 5.41) is 7.67. The second-order valence-electron chi connectivity index (χ2n) is 10.7. The average molecular weight is 550 g/mol. The van der Waals surface area contributed by atoms with Crippen molar-refractivity contribution in [2.45, 2.75) is 0 Å². The lowest BCUT2D eigenvalue weighted by atomic mass is 9.91. The van der Waals surface area contributed by atoms with Crippen LogP contribution in [0.4, 0.5) is 0 Å². The van der Waals surface area contributed by atoms with Crippen molar-refractivity contribution in [2.24, 2.45) is 0 Å². The van der Waals surface area contributed by atoms with E-state index in [0.29, 0.717) is 0 Å². The quantitative estimate of drug-likeness (QED) is 0.214. The fraction of sp³-hybridized carbons (Fsp3) is 0. The Labute approximate surface area is 250 Å². The van der Waals surface area contributed by atoms with Crippen molar-refractivity contribution >= 4 is 16.3 Å². The molecule has 43 heavy (non-hydrogen) atoms. The molecular weight excluding hydrogens is 522 g/mol. The molecule has 0 N–H and O–H groups in total. The molecular formula is C40H27N3. The first-order valence-electron chi connectivity index (χ1n) is 14.5. The Balaban J connectivity index is 1.53. The van der Waals surface area contributed by atoms with Crippen LogP contribution in [-0.2, 0) is 0 Å². The number of fused-ring (bicyclic) bond motifs is 3. The molecule has 0 radical (unpaired) electrons. The van der Waals surface area contributed by atoms with E-state index in [1.807, 2.05) is 18.3 Å². The first-order valence-corrected chi connectivity index (χ1v) is 14.5. The lowest BCUT2D eigenvalue weighted by Crippen LogP contribution is -1.95. The second-order valence-corrected chi connectivity index (χ2v) is 10.7. The van der Waals surface area contributed by atoms with Gasteiger partial charge in [0.05, 0.1) is 16.9 Å². The van der Waals surface area contributed by atoms with E-state index in [0.717, 1.165) is 55.8 Å². The van der Waals surface area contributed by atoms with E-state index >= 15 is 0 Å². The van der Waals surface area contributed by atoms with Crippen LogP contribution in [0.15, 0.2) is 164 Å². The predicted molar refractivity (Wildman–Crippen MR) is 178 cm³/mol. The zero-order chi connectivity index (χ0) is 28.6. The molecule has 3 nitrogen and oxygen atoms in total. The van der Waals surface area contributed by atoms with Crippen molar-refractivity contribution < 1.29 is 0 Å². The number of benzene rings is 5. The van der Waals surface area contributed by atoms with Crippen LogP contribution in [0.5, 0.6) is 0 Å². The average Bonchev–Trinajstić information content (AvgIpc) is 3.50. The normalized spacial score (nSPS) is 11.3. The minimum atomic E-state index is 0.843. The summed E-state index contributed by atoms with van der Waals surface area (Å²) < 4.78 is 2.12. The highest BCUT2D eigenvalue weighted by atomic mass is 15.2. The number of pyridine rings is 2. The molecule has 0 bridgehead atoms. The Kier molecular flexibility index (Phi) is 6.12. The van der Waals surface area contributed by atoms with Crippen LogP contribution in [0.25, 0.3) is 72.3 Å². The van der Waals surface area contributed by atoms with Gasteiger partial charge < -0.3 is 0 Å². The maximum Gasteiger partial charge on any atom is 0.120 e. The van der Waals surface area contributed by atoms with Gasteiger partial charge in [-0.2, -0.15) is 5.10 Å². The zero-order valence-corrected chi connectivity index (χ0v) is 23.4. The van der Waals surface area contributed by atoms with Gasteiger partial charge in [-0.15, -0.1) is 0 Å². The first kappa shape index (κ1) is 25.0. The molecule has 0 saturated carbocycles. The lowest BCUT2D eigenvalue weighted by molar-refractivity contribution is 0.975. The Hall–Kier alpha value is -5.80. The lowest BCUT2D eigenvalue weighted by Gasteiger charge is -2.13. The third-order valence-corrected chi connectivity index (χ3v) is 8.03. The van der Waals surface area contributed by atoms with Gasteiger partial charge in [0, 0.05) is 22.7 Å². The van der Waals surface area contributed by atoms with Crippen LogP contribution in [-0.4, -0.2) is 14.6 Å². The van der Waals surface area contributed by atoms with E-state index in [4.69, 9.17) is 10.1 Å². The molecule has 0 aliphatic rings. The van der Waals surface area contributed by atoms with Gasteiger partial charge in [-0.25, -0.2) is 4.52 Å². The number of nitrogens with zero attached hydrogens (tertiary/aromatic N) is 3. The molecule has 0 aliphatic heterocycles. The van der Waals surface area contributed by atoms with Crippen molar-refractivity contribution in [3.63, 3.8) is 0 Å². The monoisotopic (exact) mass is 549 g/mol. The fourth-order valence-corrected chi connectivity index (χ4v) is 6.02. The molecule has 8 aromatic rings. The van der Waals surface area contributed by atoms with Gasteiger partial charge in [0.1, 0.15) is 5.69 Å². The minimum Gasteiger partial charge on any atom is -0.255 e. The van der Waals surface area contributed by atoms with Crippen LogP contribution in [0.3, 0.4) is 0 Å². The number of hydrogen-bond donors (Lipinski definition) is 0. The van der Waals surface area contributed by atoms with Gasteiger partial charge in [0.25, 0.3) is 0 Å². The number of hydrogen-bond acceptors (Lipinski definition) is 2. The Morgan fingerprint density at radius 3 is 1.63 bits per heavy atom. The van der Waals surface area contributed by atoms with E-state index in [-0.39, 0.29) is 0 Å². The third-order valence-electron chi connectivity index (χ3n) is 8.03. The van der Waals surface area contributed by atoms with Crippen LogP contribution in [0, 0.1) is 0 Å². The molecule has 3 heterocycles. The van der Waals surface area contributed by atoms with Crippen LogP contribution < -0.4 is 0 Å². The summed E-state index contributed by atoms with van der Waals surface area (Å²) >= 11 is 0. The molecule has 0 saturated heterocycles. The van der Waals surface area contributed by atoms with E-state index in [9.17, 15) is 0 Å². The van der Waals surface area contributed by atoms with Crippen molar-refractivity contribution in [2.75, 3.05) is 0 Å². The summed E-state index contributed by atoms with van der Waals surface area (Å²) in [6.45, 7) is 0. The van der Waals surface area contributed by atoms with Gasteiger partial charge in [-0.3, -0.25) is 4.98 Å². The molecule has 0 amide bonds.